The minimum atomic E-state index is -0.320. The van der Waals surface area contributed by atoms with Gasteiger partial charge in [0.05, 0.1) is 16.5 Å². The number of carbonyl (C=O) groups is 1. The lowest BCUT2D eigenvalue weighted by Crippen LogP contribution is -2.23. The second-order valence-corrected chi connectivity index (χ2v) is 6.86. The van der Waals surface area contributed by atoms with Crippen LogP contribution < -0.4 is 5.32 Å². The third-order valence-electron chi connectivity index (χ3n) is 3.77. The fraction of sp³-hybridized carbons (Fsp3) is 0.222. The van der Waals surface area contributed by atoms with Crippen molar-refractivity contribution in [2.24, 2.45) is 0 Å². The molecule has 0 bridgehead atoms. The molecule has 0 fully saturated rings. The number of aryl methyl sites for hydroxylation is 1. The zero-order valence-electron chi connectivity index (χ0n) is 14.1. The lowest BCUT2D eigenvalue weighted by molar-refractivity contribution is -0.115. The summed E-state index contributed by atoms with van der Waals surface area (Å²) in [6.07, 6.45) is 3.52. The largest absolute Gasteiger partial charge is 0.324 e. The topological polar surface area (TPSA) is 72.7 Å². The van der Waals surface area contributed by atoms with E-state index in [9.17, 15) is 4.79 Å². The van der Waals surface area contributed by atoms with E-state index < -0.39 is 0 Å². The van der Waals surface area contributed by atoms with Crippen molar-refractivity contribution in [1.82, 2.24) is 19.7 Å². The number of nitrogens with zero attached hydrogens (tertiary/aromatic N) is 4. The van der Waals surface area contributed by atoms with Crippen LogP contribution in [0.3, 0.4) is 0 Å². The van der Waals surface area contributed by atoms with Crippen molar-refractivity contribution in [2.45, 2.75) is 30.8 Å². The van der Waals surface area contributed by atoms with Crippen LogP contribution in [0.4, 0.5) is 5.69 Å². The number of hydrogen-bond donors (Lipinski definition) is 1. The molecule has 2 heterocycles. The average molecular weight is 353 g/mol. The van der Waals surface area contributed by atoms with E-state index in [4.69, 9.17) is 0 Å². The van der Waals surface area contributed by atoms with E-state index >= 15 is 0 Å². The Labute approximate surface area is 150 Å². The second-order valence-electron chi connectivity index (χ2n) is 5.55. The van der Waals surface area contributed by atoms with Gasteiger partial charge in [-0.25, -0.2) is 0 Å². The van der Waals surface area contributed by atoms with E-state index in [1.165, 1.54) is 11.8 Å². The van der Waals surface area contributed by atoms with Crippen LogP contribution >= 0.6 is 11.8 Å². The zero-order chi connectivity index (χ0) is 17.8. The highest BCUT2D eigenvalue weighted by atomic mass is 32.2. The van der Waals surface area contributed by atoms with Gasteiger partial charge in [0.15, 0.2) is 5.16 Å². The first-order valence-electron chi connectivity index (χ1n) is 7.92. The summed E-state index contributed by atoms with van der Waals surface area (Å²) < 4.78 is 1.93. The molecule has 25 heavy (non-hydrogen) atoms. The zero-order valence-corrected chi connectivity index (χ0v) is 15.0. The van der Waals surface area contributed by atoms with Crippen LogP contribution in [0.15, 0.2) is 54.3 Å². The molecular formula is C18H19N5OS. The van der Waals surface area contributed by atoms with E-state index in [1.54, 1.807) is 12.3 Å². The van der Waals surface area contributed by atoms with Crippen molar-refractivity contribution in [1.29, 1.82) is 0 Å². The minimum Gasteiger partial charge on any atom is -0.324 e. The van der Waals surface area contributed by atoms with Crippen molar-refractivity contribution in [2.75, 3.05) is 5.32 Å². The van der Waals surface area contributed by atoms with Gasteiger partial charge in [0.25, 0.3) is 0 Å². The lowest BCUT2D eigenvalue weighted by Gasteiger charge is -2.13. The molecule has 3 rings (SSSR count). The standard InChI is InChI=1S/C18H19N5OS/c1-4-11-23-13(3)21-22-18(23)25-12(2)17(24)20-16-9-5-8-15-14(16)7-6-10-19-15/h4-10,12H,1,11H2,2-3H3,(H,20,24). The van der Waals surface area contributed by atoms with Crippen molar-refractivity contribution in [3.63, 3.8) is 0 Å². The van der Waals surface area contributed by atoms with Gasteiger partial charge in [-0.3, -0.25) is 9.78 Å². The molecule has 0 radical (unpaired) electrons. The van der Waals surface area contributed by atoms with E-state index in [1.807, 2.05) is 48.7 Å². The predicted molar refractivity (Wildman–Crippen MR) is 101 cm³/mol. The number of anilines is 1. The predicted octanol–water partition coefficient (Wildman–Crippen LogP) is 3.44. The highest BCUT2D eigenvalue weighted by Gasteiger charge is 2.19. The Hall–Kier alpha value is -2.67. The molecule has 1 aromatic carbocycles. The molecule has 3 aromatic rings. The van der Waals surface area contributed by atoms with E-state index in [0.29, 0.717) is 11.7 Å². The molecule has 2 aromatic heterocycles. The lowest BCUT2D eigenvalue weighted by atomic mass is 10.2. The summed E-state index contributed by atoms with van der Waals surface area (Å²) in [5.74, 6) is 0.710. The second kappa shape index (κ2) is 7.48. The fourth-order valence-corrected chi connectivity index (χ4v) is 3.35. The normalized spacial score (nSPS) is 12.1. The molecule has 0 aliphatic heterocycles. The van der Waals surface area contributed by atoms with Crippen molar-refractivity contribution >= 4 is 34.3 Å². The van der Waals surface area contributed by atoms with E-state index in [-0.39, 0.29) is 11.2 Å². The van der Waals surface area contributed by atoms with Gasteiger partial charge in [0, 0.05) is 18.1 Å². The number of nitrogens with one attached hydrogen (secondary N) is 1. The molecule has 128 valence electrons. The number of aromatic nitrogens is 4. The Morgan fingerprint density at radius 2 is 2.20 bits per heavy atom. The number of carbonyl (C=O) groups excluding carboxylic acids is 1. The van der Waals surface area contributed by atoms with Crippen LogP contribution in [0.25, 0.3) is 10.9 Å². The molecule has 0 saturated heterocycles. The van der Waals surface area contributed by atoms with Crippen LogP contribution in [0, 0.1) is 6.92 Å². The molecule has 0 aliphatic carbocycles. The summed E-state index contributed by atoms with van der Waals surface area (Å²) in [5.41, 5.74) is 1.61. The van der Waals surface area contributed by atoms with Crippen molar-refractivity contribution < 1.29 is 4.79 Å². The Morgan fingerprint density at radius 1 is 1.36 bits per heavy atom. The van der Waals surface area contributed by atoms with Crippen LogP contribution in [0.2, 0.25) is 0 Å². The van der Waals surface area contributed by atoms with Gasteiger partial charge in [0.1, 0.15) is 5.82 Å². The smallest absolute Gasteiger partial charge is 0.237 e. The van der Waals surface area contributed by atoms with Gasteiger partial charge < -0.3 is 9.88 Å². The van der Waals surface area contributed by atoms with Gasteiger partial charge in [-0.15, -0.1) is 16.8 Å². The van der Waals surface area contributed by atoms with Gasteiger partial charge >= 0.3 is 0 Å². The highest BCUT2D eigenvalue weighted by Crippen LogP contribution is 2.25. The molecule has 0 saturated carbocycles. The monoisotopic (exact) mass is 353 g/mol. The quantitative estimate of drug-likeness (QED) is 0.543. The summed E-state index contributed by atoms with van der Waals surface area (Å²) in [4.78, 5) is 16.9. The van der Waals surface area contributed by atoms with Crippen LogP contribution in [0.5, 0.6) is 0 Å². The molecule has 1 atom stereocenters. The Morgan fingerprint density at radius 3 is 3.00 bits per heavy atom. The van der Waals surface area contributed by atoms with Gasteiger partial charge in [-0.1, -0.05) is 23.9 Å². The third kappa shape index (κ3) is 3.71. The van der Waals surface area contributed by atoms with E-state index in [2.05, 4.69) is 27.1 Å². The molecule has 0 spiro atoms. The van der Waals surface area contributed by atoms with Crippen molar-refractivity contribution in [3.05, 3.63) is 55.0 Å². The van der Waals surface area contributed by atoms with E-state index in [0.717, 1.165) is 22.4 Å². The van der Waals surface area contributed by atoms with Crippen molar-refractivity contribution in [3.8, 4) is 0 Å². The number of amides is 1. The Kier molecular flexibility index (Phi) is 5.14. The Balaban J connectivity index is 1.76. The number of benzene rings is 1. The average Bonchev–Trinajstić information content (AvgIpc) is 2.96. The first-order valence-corrected chi connectivity index (χ1v) is 8.80. The third-order valence-corrected chi connectivity index (χ3v) is 4.85. The number of allylic oxidation sites excluding steroid dienone is 1. The summed E-state index contributed by atoms with van der Waals surface area (Å²) in [6.45, 7) is 8.10. The first kappa shape index (κ1) is 17.2. The molecule has 6 nitrogen and oxygen atoms in total. The summed E-state index contributed by atoms with van der Waals surface area (Å²) in [6, 6.07) is 9.48. The summed E-state index contributed by atoms with van der Waals surface area (Å²) in [5, 5.41) is 12.5. The molecule has 0 aliphatic rings. The number of thioether (sulfide) groups is 1. The molecular weight excluding hydrogens is 334 g/mol. The number of fused-ring (bicyclic) bond motifs is 1. The summed E-state index contributed by atoms with van der Waals surface area (Å²) >= 11 is 1.38. The minimum absolute atomic E-state index is 0.0906. The SMILES string of the molecule is C=CCn1c(C)nnc1SC(C)C(=O)Nc1cccc2ncccc12. The van der Waals surface area contributed by atoms with Gasteiger partial charge in [-0.05, 0) is 38.1 Å². The number of pyridine rings is 1. The summed E-state index contributed by atoms with van der Waals surface area (Å²) in [7, 11) is 0. The van der Waals surface area contributed by atoms with Crippen LogP contribution in [-0.4, -0.2) is 30.9 Å². The van der Waals surface area contributed by atoms with Gasteiger partial charge in [0.2, 0.25) is 5.91 Å². The molecule has 7 heteroatoms. The fourth-order valence-electron chi connectivity index (χ4n) is 2.45. The maximum Gasteiger partial charge on any atom is 0.237 e. The number of hydrogen-bond acceptors (Lipinski definition) is 5. The molecule has 1 N–H and O–H groups in total. The molecule has 1 amide bonds. The maximum atomic E-state index is 12.6. The molecule has 1 unspecified atom stereocenters. The van der Waals surface area contributed by atoms with Gasteiger partial charge in [-0.2, -0.15) is 0 Å². The number of rotatable bonds is 6. The Bertz CT molecular complexity index is 915. The van der Waals surface area contributed by atoms with Crippen LogP contribution in [0.1, 0.15) is 12.7 Å². The first-order chi connectivity index (χ1) is 12.1. The maximum absolute atomic E-state index is 12.6. The highest BCUT2D eigenvalue weighted by molar-refractivity contribution is 8.00. The van der Waals surface area contributed by atoms with Crippen LogP contribution in [-0.2, 0) is 11.3 Å².